The number of para-hydroxylation sites is 5. The largest absolute Gasteiger partial charge is 0.456 e. The fourth-order valence-electron chi connectivity index (χ4n) is 8.91. The molecule has 0 atom stereocenters. The smallest absolute Gasteiger partial charge is 0.143 e. The van der Waals surface area contributed by atoms with E-state index >= 15 is 0 Å². The average molecular weight is 825 g/mol. The summed E-state index contributed by atoms with van der Waals surface area (Å²) in [7, 11) is 0. The molecule has 306 valence electrons. The molecule has 2 heterocycles. The molecule has 1 aliphatic rings. The first-order valence-corrected chi connectivity index (χ1v) is 21.9. The standard InChI is InChI=1S/C42H32N2O.C18H12O/c1-3-10-33(11-4-1)43-34-24-18-30(19-25-34)31-20-26-36(27-21-31)44(35-12-5-2-6-13-35)37-28-22-32(23-29-37)38-15-9-16-40-39-14-7-8-17-41(39)45-42(38)40;1-2-7-13(8-3-1)14-10-6-11-16-15-9-4-5-12-17(15)19-18(14)16/h1-8,10-14,16-29,43H,9,15H2;1-12H. The molecule has 11 aromatic rings. The molecule has 1 N–H and O–H groups in total. The van der Waals surface area contributed by atoms with Crippen LogP contribution in [0.1, 0.15) is 18.4 Å². The van der Waals surface area contributed by atoms with Gasteiger partial charge >= 0.3 is 0 Å². The Bertz CT molecular complexity index is 3480. The quantitative estimate of drug-likeness (QED) is 0.166. The minimum absolute atomic E-state index is 0.945. The van der Waals surface area contributed by atoms with Crippen molar-refractivity contribution in [3.8, 4) is 22.3 Å². The van der Waals surface area contributed by atoms with Gasteiger partial charge in [-0.25, -0.2) is 0 Å². The van der Waals surface area contributed by atoms with Crippen LogP contribution in [-0.4, -0.2) is 0 Å². The molecule has 0 bridgehead atoms. The number of benzene rings is 9. The molecule has 0 saturated heterocycles. The highest BCUT2D eigenvalue weighted by molar-refractivity contribution is 6.09. The van der Waals surface area contributed by atoms with Crippen molar-refractivity contribution in [1.29, 1.82) is 0 Å². The monoisotopic (exact) mass is 824 g/mol. The van der Waals surface area contributed by atoms with Crippen LogP contribution < -0.4 is 20.9 Å². The molecule has 64 heavy (non-hydrogen) atoms. The van der Waals surface area contributed by atoms with E-state index in [0.717, 1.165) is 69.0 Å². The van der Waals surface area contributed by atoms with Crippen molar-refractivity contribution in [2.45, 2.75) is 12.8 Å². The lowest BCUT2D eigenvalue weighted by Gasteiger charge is -2.26. The molecule has 2 aromatic heterocycles. The molecule has 9 aromatic carbocycles. The molecule has 12 rings (SSSR count). The molecule has 0 fully saturated rings. The molecule has 0 spiro atoms. The highest BCUT2D eigenvalue weighted by Crippen LogP contribution is 2.38. The van der Waals surface area contributed by atoms with Gasteiger partial charge in [0.25, 0.3) is 0 Å². The lowest BCUT2D eigenvalue weighted by molar-refractivity contribution is 0.568. The number of hydrogen-bond donors (Lipinski definition) is 1. The number of rotatable bonds is 8. The second kappa shape index (κ2) is 17.2. The van der Waals surface area contributed by atoms with Crippen LogP contribution in [0.15, 0.2) is 239 Å². The third-order valence-electron chi connectivity index (χ3n) is 12.0. The van der Waals surface area contributed by atoms with Gasteiger partial charge in [0, 0.05) is 61.0 Å². The fraction of sp³-hybridized carbons (Fsp3) is 0.0333. The minimum Gasteiger partial charge on any atom is -0.456 e. The van der Waals surface area contributed by atoms with Crippen LogP contribution in [-0.2, 0) is 0 Å². The first-order chi connectivity index (χ1) is 31.7. The molecular weight excluding hydrogens is 781 g/mol. The molecule has 0 aliphatic heterocycles. The zero-order valence-corrected chi connectivity index (χ0v) is 35.2. The Kier molecular flexibility index (Phi) is 10.4. The zero-order valence-electron chi connectivity index (χ0n) is 35.2. The average Bonchev–Trinajstić information content (AvgIpc) is 3.95. The molecule has 4 nitrogen and oxygen atoms in total. The van der Waals surface area contributed by atoms with Crippen molar-refractivity contribution in [2.24, 2.45) is 0 Å². The van der Waals surface area contributed by atoms with E-state index in [1.165, 1.54) is 49.2 Å². The van der Waals surface area contributed by atoms with E-state index in [9.17, 15) is 0 Å². The van der Waals surface area contributed by atoms with Gasteiger partial charge in [-0.05, 0) is 108 Å². The fourth-order valence-corrected chi connectivity index (χ4v) is 8.91. The number of hydrogen-bond acceptors (Lipinski definition) is 4. The summed E-state index contributed by atoms with van der Waals surface area (Å²) in [5, 5.41) is 8.24. The van der Waals surface area contributed by atoms with Crippen molar-refractivity contribution in [3.05, 3.63) is 247 Å². The summed E-state index contributed by atoms with van der Waals surface area (Å²) in [5.41, 5.74) is 16.6. The lowest BCUT2D eigenvalue weighted by Crippen LogP contribution is -2.26. The van der Waals surface area contributed by atoms with Crippen molar-refractivity contribution < 1.29 is 8.83 Å². The molecule has 0 amide bonds. The Morgan fingerprint density at radius 2 is 0.891 bits per heavy atom. The van der Waals surface area contributed by atoms with Crippen LogP contribution >= 0.6 is 0 Å². The third-order valence-corrected chi connectivity index (χ3v) is 12.0. The maximum absolute atomic E-state index is 6.37. The van der Waals surface area contributed by atoms with Gasteiger partial charge in [-0.1, -0.05) is 164 Å². The Morgan fingerprint density at radius 1 is 0.375 bits per heavy atom. The summed E-state index contributed by atoms with van der Waals surface area (Å²) in [6.07, 6.45) is 4.30. The van der Waals surface area contributed by atoms with E-state index in [2.05, 4.69) is 198 Å². The summed E-state index contributed by atoms with van der Waals surface area (Å²) in [4.78, 5) is 2.31. The van der Waals surface area contributed by atoms with Crippen molar-refractivity contribution in [1.82, 2.24) is 0 Å². The van der Waals surface area contributed by atoms with Gasteiger partial charge in [0.15, 0.2) is 0 Å². The van der Waals surface area contributed by atoms with E-state index in [4.69, 9.17) is 8.83 Å². The van der Waals surface area contributed by atoms with E-state index in [0.29, 0.717) is 0 Å². The number of nitrogens with one attached hydrogen (secondary N) is 1. The predicted molar refractivity (Wildman–Crippen MR) is 267 cm³/mol. The van der Waals surface area contributed by atoms with Crippen LogP contribution in [0.3, 0.4) is 0 Å². The summed E-state index contributed by atoms with van der Waals surface area (Å²) in [6.45, 7) is 0. The number of furan rings is 2. The van der Waals surface area contributed by atoms with E-state index in [1.54, 1.807) is 0 Å². The van der Waals surface area contributed by atoms with Gasteiger partial charge in [-0.15, -0.1) is 0 Å². The van der Waals surface area contributed by atoms with E-state index in [1.807, 2.05) is 48.5 Å². The topological polar surface area (TPSA) is 41.6 Å². The van der Waals surface area contributed by atoms with Gasteiger partial charge in [-0.2, -0.15) is 0 Å². The van der Waals surface area contributed by atoms with Crippen LogP contribution in [0.5, 0.6) is 0 Å². The first kappa shape index (κ1) is 38.6. The van der Waals surface area contributed by atoms with E-state index < -0.39 is 0 Å². The predicted octanol–water partition coefficient (Wildman–Crippen LogP) is 15.3. The lowest BCUT2D eigenvalue weighted by atomic mass is 9.96. The molecule has 1 aliphatic carbocycles. The number of nitrogens with zero attached hydrogens (tertiary/aromatic N) is 1. The Balaban J connectivity index is 0.000000199. The second-order valence-electron chi connectivity index (χ2n) is 16.0. The van der Waals surface area contributed by atoms with Crippen LogP contribution in [0.25, 0.3) is 66.8 Å². The SMILES string of the molecule is C1=c2c(oc3ccccc23)=C(c2ccc(N(c3ccccc3)c3ccc(-c4ccc(Nc5ccccc5)cc4)cc3)cc2)CC1.c1ccc(-c2cccc3c2oc2ccccc23)cc1. The van der Waals surface area contributed by atoms with Crippen molar-refractivity contribution >= 4 is 73.0 Å². The molecular formula is C60H44N2O2. The Labute approximate surface area is 372 Å². The van der Waals surface area contributed by atoms with Gasteiger partial charge in [0.05, 0.1) is 0 Å². The minimum atomic E-state index is 0.945. The second-order valence-corrected chi connectivity index (χ2v) is 16.0. The van der Waals surface area contributed by atoms with E-state index in [-0.39, 0.29) is 0 Å². The highest BCUT2D eigenvalue weighted by Gasteiger charge is 2.17. The Morgan fingerprint density at radius 3 is 1.58 bits per heavy atom. The zero-order chi connectivity index (χ0) is 42.7. The van der Waals surface area contributed by atoms with Crippen LogP contribution in [0.4, 0.5) is 28.4 Å². The molecule has 0 unspecified atom stereocenters. The maximum atomic E-state index is 6.37. The first-order valence-electron chi connectivity index (χ1n) is 21.9. The Hall–Kier alpha value is -8.34. The van der Waals surface area contributed by atoms with Gasteiger partial charge < -0.3 is 19.1 Å². The highest BCUT2D eigenvalue weighted by atomic mass is 16.3. The summed E-state index contributed by atoms with van der Waals surface area (Å²) >= 11 is 0. The summed E-state index contributed by atoms with van der Waals surface area (Å²) < 4.78 is 12.4. The molecule has 4 heteroatoms. The van der Waals surface area contributed by atoms with Crippen LogP contribution in [0.2, 0.25) is 0 Å². The molecule has 0 radical (unpaired) electrons. The third kappa shape index (κ3) is 7.63. The number of anilines is 5. The van der Waals surface area contributed by atoms with Gasteiger partial charge in [0.2, 0.25) is 0 Å². The van der Waals surface area contributed by atoms with Gasteiger partial charge in [0.1, 0.15) is 22.2 Å². The summed E-state index contributed by atoms with van der Waals surface area (Å²) in [5.74, 6) is 0. The summed E-state index contributed by atoms with van der Waals surface area (Å²) in [6, 6.07) is 80.4. The number of fused-ring (bicyclic) bond motifs is 6. The normalized spacial score (nSPS) is 12.0. The van der Waals surface area contributed by atoms with Gasteiger partial charge in [-0.3, -0.25) is 0 Å². The van der Waals surface area contributed by atoms with Crippen LogP contribution in [0, 0.1) is 0 Å². The molecule has 0 saturated carbocycles. The van der Waals surface area contributed by atoms with Crippen molar-refractivity contribution in [2.75, 3.05) is 10.2 Å². The van der Waals surface area contributed by atoms with Crippen molar-refractivity contribution in [3.63, 3.8) is 0 Å². The maximum Gasteiger partial charge on any atom is 0.143 e.